The molecule has 3 heteroatoms. The fraction of sp³-hybridized carbons (Fsp3) is 0.0455. The normalized spacial score (nSPS) is 13.0. The van der Waals surface area contributed by atoms with Gasteiger partial charge >= 0.3 is 0 Å². The molecule has 0 fully saturated rings. The molecule has 2 N–H and O–H groups in total. The number of nitrogens with one attached hydrogen (secondary N) is 2. The fourth-order valence-electron chi connectivity index (χ4n) is 3.53. The number of nitrogens with zero attached hydrogens (tertiary/aromatic N) is 1. The van der Waals surface area contributed by atoms with E-state index >= 15 is 0 Å². The minimum Gasteiger partial charge on any atom is -0.374 e. The molecular weight excluding hydrogens is 306 g/mol. The van der Waals surface area contributed by atoms with E-state index in [1.165, 1.54) is 11.1 Å². The van der Waals surface area contributed by atoms with E-state index in [0.29, 0.717) is 0 Å². The van der Waals surface area contributed by atoms with Crippen LogP contribution in [0.25, 0.3) is 10.9 Å². The molecule has 3 aromatic carbocycles. The molecule has 120 valence electrons. The zero-order chi connectivity index (χ0) is 16.6. The summed E-state index contributed by atoms with van der Waals surface area (Å²) < 4.78 is 0. The quantitative estimate of drug-likeness (QED) is 0.512. The largest absolute Gasteiger partial charge is 0.374 e. The summed E-state index contributed by atoms with van der Waals surface area (Å²) in [5.41, 5.74) is 6.93. The second-order valence-corrected chi connectivity index (χ2v) is 6.29. The van der Waals surface area contributed by atoms with Gasteiger partial charge in [0, 0.05) is 39.8 Å². The maximum Gasteiger partial charge on any atom is 0.0807 e. The molecule has 2 heterocycles. The smallest absolute Gasteiger partial charge is 0.0807 e. The molecule has 0 spiro atoms. The van der Waals surface area contributed by atoms with Gasteiger partial charge in [-0.25, -0.2) is 0 Å². The highest BCUT2D eigenvalue weighted by Crippen LogP contribution is 2.41. The Bertz CT molecular complexity index is 1030. The number of pyridine rings is 1. The summed E-state index contributed by atoms with van der Waals surface area (Å²) in [5, 5.41) is 8.40. The van der Waals surface area contributed by atoms with Crippen LogP contribution < -0.4 is 10.6 Å². The van der Waals surface area contributed by atoms with E-state index in [9.17, 15) is 0 Å². The third-order valence-corrected chi connectivity index (χ3v) is 4.73. The first kappa shape index (κ1) is 14.1. The molecule has 1 aliphatic rings. The van der Waals surface area contributed by atoms with Crippen molar-refractivity contribution in [2.24, 2.45) is 0 Å². The molecule has 0 atom stereocenters. The molecule has 1 aliphatic heterocycles. The predicted molar refractivity (Wildman–Crippen MR) is 103 cm³/mol. The molecular formula is C22H17N3. The third-order valence-electron chi connectivity index (χ3n) is 4.73. The van der Waals surface area contributed by atoms with Gasteiger partial charge in [-0.1, -0.05) is 42.5 Å². The van der Waals surface area contributed by atoms with Crippen LogP contribution >= 0.6 is 0 Å². The van der Waals surface area contributed by atoms with Crippen molar-refractivity contribution in [3.8, 4) is 0 Å². The molecule has 0 aliphatic carbocycles. The number of hydrogen-bond acceptors (Lipinski definition) is 3. The van der Waals surface area contributed by atoms with Crippen LogP contribution in [-0.2, 0) is 0 Å². The van der Waals surface area contributed by atoms with Gasteiger partial charge in [-0.3, -0.25) is 4.98 Å². The van der Waals surface area contributed by atoms with Crippen LogP contribution in [0.15, 0.2) is 85.1 Å². The molecule has 0 amide bonds. The molecule has 0 radical (unpaired) electrons. The van der Waals surface area contributed by atoms with Crippen LogP contribution in [0.4, 0.5) is 17.1 Å². The van der Waals surface area contributed by atoms with Crippen LogP contribution in [-0.4, -0.2) is 4.98 Å². The van der Waals surface area contributed by atoms with Gasteiger partial charge in [-0.15, -0.1) is 0 Å². The Labute approximate surface area is 146 Å². The van der Waals surface area contributed by atoms with Crippen molar-refractivity contribution in [1.29, 1.82) is 0 Å². The first-order valence-electron chi connectivity index (χ1n) is 8.45. The first-order valence-corrected chi connectivity index (χ1v) is 8.45. The number of benzene rings is 3. The molecule has 1 aromatic heterocycles. The van der Waals surface area contributed by atoms with Gasteiger partial charge < -0.3 is 10.6 Å². The van der Waals surface area contributed by atoms with Crippen molar-refractivity contribution in [1.82, 2.24) is 4.98 Å². The van der Waals surface area contributed by atoms with E-state index in [1.807, 2.05) is 12.3 Å². The van der Waals surface area contributed by atoms with E-state index in [0.717, 1.165) is 28.0 Å². The lowest BCUT2D eigenvalue weighted by atomic mass is 9.91. The highest BCUT2D eigenvalue weighted by Gasteiger charge is 2.24. The van der Waals surface area contributed by atoms with Crippen molar-refractivity contribution < 1.29 is 0 Å². The van der Waals surface area contributed by atoms with Gasteiger partial charge in [0.1, 0.15) is 0 Å². The van der Waals surface area contributed by atoms with E-state index < -0.39 is 0 Å². The number of para-hydroxylation sites is 2. The Morgan fingerprint density at radius 2 is 1.48 bits per heavy atom. The molecule has 3 nitrogen and oxygen atoms in total. The molecule has 5 rings (SSSR count). The topological polar surface area (TPSA) is 37.0 Å². The molecule has 0 saturated heterocycles. The summed E-state index contributed by atoms with van der Waals surface area (Å²) in [5.74, 6) is 0. The molecule has 0 saturated carbocycles. The predicted octanol–water partition coefficient (Wildman–Crippen LogP) is 5.49. The van der Waals surface area contributed by atoms with Gasteiger partial charge in [-0.2, -0.15) is 0 Å². The van der Waals surface area contributed by atoms with E-state index in [2.05, 4.69) is 88.4 Å². The van der Waals surface area contributed by atoms with Crippen LogP contribution in [0, 0.1) is 0 Å². The van der Waals surface area contributed by atoms with E-state index in [-0.39, 0.29) is 6.04 Å². The van der Waals surface area contributed by atoms with Crippen molar-refractivity contribution in [3.63, 3.8) is 0 Å². The zero-order valence-electron chi connectivity index (χ0n) is 13.6. The van der Waals surface area contributed by atoms with Crippen molar-refractivity contribution >= 4 is 28.0 Å². The number of anilines is 3. The number of rotatable bonds is 2. The van der Waals surface area contributed by atoms with Gasteiger partial charge in [-0.05, 0) is 36.4 Å². The summed E-state index contributed by atoms with van der Waals surface area (Å²) >= 11 is 0. The van der Waals surface area contributed by atoms with Gasteiger partial charge in [0.15, 0.2) is 0 Å². The Hall–Kier alpha value is -3.33. The molecule has 4 aromatic rings. The second-order valence-electron chi connectivity index (χ2n) is 6.29. The average molecular weight is 323 g/mol. The lowest BCUT2D eigenvalue weighted by Crippen LogP contribution is -2.19. The maximum atomic E-state index is 4.40. The Morgan fingerprint density at radius 3 is 2.24 bits per heavy atom. The molecule has 25 heavy (non-hydrogen) atoms. The molecule has 0 unspecified atom stereocenters. The minimum absolute atomic E-state index is 0.114. The van der Waals surface area contributed by atoms with Crippen LogP contribution in [0.1, 0.15) is 17.2 Å². The zero-order valence-corrected chi connectivity index (χ0v) is 13.6. The lowest BCUT2D eigenvalue weighted by Gasteiger charge is -2.30. The average Bonchev–Trinajstić information content (AvgIpc) is 2.68. The summed E-state index contributed by atoms with van der Waals surface area (Å²) in [4.78, 5) is 4.40. The van der Waals surface area contributed by atoms with Gasteiger partial charge in [0.25, 0.3) is 0 Å². The maximum absolute atomic E-state index is 4.40. The van der Waals surface area contributed by atoms with Crippen molar-refractivity contribution in [2.75, 3.05) is 10.6 Å². The summed E-state index contributed by atoms with van der Waals surface area (Å²) in [7, 11) is 0. The Morgan fingerprint density at radius 1 is 0.760 bits per heavy atom. The van der Waals surface area contributed by atoms with Gasteiger partial charge in [0.05, 0.1) is 11.6 Å². The lowest BCUT2D eigenvalue weighted by molar-refractivity contribution is 0.929. The van der Waals surface area contributed by atoms with E-state index in [4.69, 9.17) is 0 Å². The first-order chi connectivity index (χ1) is 12.4. The highest BCUT2D eigenvalue weighted by atomic mass is 15.0. The second kappa shape index (κ2) is 5.64. The van der Waals surface area contributed by atoms with Crippen LogP contribution in [0.3, 0.4) is 0 Å². The minimum atomic E-state index is 0.114. The Balaban J connectivity index is 1.60. The summed E-state index contributed by atoms with van der Waals surface area (Å²) in [6, 6.07) is 27.4. The van der Waals surface area contributed by atoms with Crippen molar-refractivity contribution in [2.45, 2.75) is 6.04 Å². The van der Waals surface area contributed by atoms with Crippen LogP contribution in [0.2, 0.25) is 0 Å². The summed E-state index contributed by atoms with van der Waals surface area (Å²) in [6.07, 6.45) is 1.83. The van der Waals surface area contributed by atoms with Crippen LogP contribution in [0.5, 0.6) is 0 Å². The van der Waals surface area contributed by atoms with Crippen molar-refractivity contribution in [3.05, 3.63) is 96.2 Å². The van der Waals surface area contributed by atoms with Gasteiger partial charge in [0.2, 0.25) is 0 Å². The van der Waals surface area contributed by atoms with E-state index in [1.54, 1.807) is 0 Å². The number of aromatic nitrogens is 1. The number of fused-ring (bicyclic) bond motifs is 3. The summed E-state index contributed by atoms with van der Waals surface area (Å²) in [6.45, 7) is 0. The monoisotopic (exact) mass is 323 g/mol. The highest BCUT2D eigenvalue weighted by molar-refractivity contribution is 5.83. The third kappa shape index (κ3) is 2.41. The fourth-order valence-corrected chi connectivity index (χ4v) is 3.53. The molecule has 0 bridgehead atoms. The standard InChI is InChI=1S/C22H17N3/c1-3-9-20-17(7-1)22(18-8-2-4-10-21(18)25-20)24-16-11-12-19-15(14-16)6-5-13-23-19/h1-14,22,24-25H. The number of hydrogen-bond donors (Lipinski definition) is 2. The Kier molecular flexibility index (Phi) is 3.17. The SMILES string of the molecule is c1ccc2c(c1)Nc1ccccc1C2Nc1ccc2ncccc2c1.